The van der Waals surface area contributed by atoms with Crippen molar-refractivity contribution in [2.45, 2.75) is 0 Å². The molecule has 15 rings (SSSR count). The van der Waals surface area contributed by atoms with Gasteiger partial charge in [-0.15, -0.1) is 0 Å². The number of para-hydroxylation sites is 7. The molecule has 4 nitrogen and oxygen atoms in total. The maximum absolute atomic E-state index is 2.64. The van der Waals surface area contributed by atoms with Crippen LogP contribution in [0.1, 0.15) is 0 Å². The number of hydrogen-bond acceptors (Lipinski definition) is 2. The molecule has 0 unspecified atom stereocenters. The van der Waals surface area contributed by atoms with Gasteiger partial charge in [0, 0.05) is 67.0 Å². The fraction of sp³-hybridized carbons (Fsp3) is 0. The summed E-state index contributed by atoms with van der Waals surface area (Å²) in [5.41, 5.74) is 23.1. The summed E-state index contributed by atoms with van der Waals surface area (Å²) < 4.78 is 5.15. The first-order valence-corrected chi connectivity index (χ1v) is 21.0. The second-order valence-corrected chi connectivity index (χ2v) is 16.8. The van der Waals surface area contributed by atoms with Gasteiger partial charge in [0.05, 0.1) is 22.1 Å². The van der Waals surface area contributed by atoms with E-state index in [-0.39, 0.29) is 13.4 Å². The van der Waals surface area contributed by atoms with E-state index in [0.29, 0.717) is 0 Å². The van der Waals surface area contributed by atoms with Gasteiger partial charge < -0.3 is 18.9 Å². The molecule has 6 heteroatoms. The molecule has 0 aliphatic carbocycles. The van der Waals surface area contributed by atoms with Crippen molar-refractivity contribution in [3.8, 4) is 11.4 Å². The summed E-state index contributed by atoms with van der Waals surface area (Å²) >= 11 is 0. The molecule has 0 N–H and O–H groups in total. The van der Waals surface area contributed by atoms with Gasteiger partial charge in [-0.1, -0.05) is 133 Å². The lowest BCUT2D eigenvalue weighted by atomic mass is 9.29. The third kappa shape index (κ3) is 3.64. The first-order valence-electron chi connectivity index (χ1n) is 21.0. The fourth-order valence-corrected chi connectivity index (χ4v) is 11.9. The monoisotopic (exact) mass is 758 g/mol. The van der Waals surface area contributed by atoms with E-state index < -0.39 is 0 Å². The smallest absolute Gasteiger partial charge is 0.252 e. The van der Waals surface area contributed by atoms with E-state index in [1.54, 1.807) is 0 Å². The normalized spacial score (nSPS) is 13.9. The quantitative estimate of drug-likeness (QED) is 0.164. The summed E-state index contributed by atoms with van der Waals surface area (Å²) in [6.45, 7) is 0.0903. The van der Waals surface area contributed by atoms with E-state index in [4.69, 9.17) is 0 Å². The Kier molecular flexibility index (Phi) is 5.78. The molecule has 0 fully saturated rings. The summed E-state index contributed by atoms with van der Waals surface area (Å²) in [6.07, 6.45) is 0. The van der Waals surface area contributed by atoms with Crippen LogP contribution in [-0.2, 0) is 0 Å². The van der Waals surface area contributed by atoms with Crippen LogP contribution < -0.4 is 42.6 Å². The van der Waals surface area contributed by atoms with Gasteiger partial charge in [-0.3, -0.25) is 0 Å². The van der Waals surface area contributed by atoms with Crippen LogP contribution in [-0.4, -0.2) is 22.6 Å². The molecule has 274 valence electrons. The number of anilines is 6. The molecule has 0 saturated heterocycles. The summed E-state index contributed by atoms with van der Waals surface area (Å²) in [4.78, 5) is 5.16. The maximum atomic E-state index is 2.64. The van der Waals surface area contributed by atoms with E-state index in [1.165, 1.54) is 116 Å². The van der Waals surface area contributed by atoms with Gasteiger partial charge in [0.2, 0.25) is 0 Å². The molecular weight excluding hydrogens is 726 g/mol. The Bertz CT molecular complexity index is 3690. The van der Waals surface area contributed by atoms with Crippen LogP contribution in [0.15, 0.2) is 194 Å². The van der Waals surface area contributed by atoms with Crippen molar-refractivity contribution in [3.63, 3.8) is 0 Å². The molecule has 4 aliphatic rings. The Morgan fingerprint density at radius 2 is 0.817 bits per heavy atom. The van der Waals surface area contributed by atoms with Crippen molar-refractivity contribution < 1.29 is 0 Å². The van der Waals surface area contributed by atoms with Gasteiger partial charge in [-0.05, 0) is 93.4 Å². The number of nitrogens with zero attached hydrogens (tertiary/aromatic N) is 4. The minimum atomic E-state index is 0.0172. The minimum absolute atomic E-state index is 0.0172. The van der Waals surface area contributed by atoms with Crippen LogP contribution >= 0.6 is 0 Å². The Hall–Kier alpha value is -7.69. The maximum Gasteiger partial charge on any atom is 0.252 e. The van der Waals surface area contributed by atoms with E-state index >= 15 is 0 Å². The Morgan fingerprint density at radius 3 is 1.48 bits per heavy atom. The average molecular weight is 759 g/mol. The summed E-state index contributed by atoms with van der Waals surface area (Å²) in [5.74, 6) is 0. The molecule has 0 saturated carbocycles. The first kappa shape index (κ1) is 31.3. The number of aromatic nitrogens is 2. The fourth-order valence-electron chi connectivity index (χ4n) is 11.9. The minimum Gasteiger partial charge on any atom is -0.312 e. The van der Waals surface area contributed by atoms with Crippen molar-refractivity contribution in [2.75, 3.05) is 9.80 Å². The van der Waals surface area contributed by atoms with Crippen LogP contribution in [0.4, 0.5) is 34.1 Å². The Morgan fingerprint density at radius 1 is 0.317 bits per heavy atom. The van der Waals surface area contributed by atoms with Gasteiger partial charge in [-0.2, -0.15) is 0 Å². The van der Waals surface area contributed by atoms with E-state index in [1.807, 2.05) is 0 Å². The summed E-state index contributed by atoms with van der Waals surface area (Å²) in [7, 11) is 0. The van der Waals surface area contributed by atoms with Crippen LogP contribution in [0.3, 0.4) is 0 Å². The third-order valence-electron chi connectivity index (χ3n) is 14.0. The second-order valence-electron chi connectivity index (χ2n) is 16.8. The SMILES string of the molecule is c1ccc(N2c3ccccc3B3c4ccccc4N4c5ccccc5B5c6c(cc2c3c64)-n2c3ccccc3c3c2c5cc2c4ccccc4n(-c4ccccc4)c23)cc1. The van der Waals surface area contributed by atoms with E-state index in [0.717, 1.165) is 5.69 Å². The van der Waals surface area contributed by atoms with Crippen LogP contribution in [0, 0.1) is 0 Å². The molecule has 2 aromatic heterocycles. The number of rotatable bonds is 2. The van der Waals surface area contributed by atoms with Crippen molar-refractivity contribution in [1.29, 1.82) is 0 Å². The lowest BCUT2D eigenvalue weighted by molar-refractivity contribution is 1.16. The predicted molar refractivity (Wildman–Crippen MR) is 254 cm³/mol. The third-order valence-corrected chi connectivity index (χ3v) is 14.0. The van der Waals surface area contributed by atoms with Crippen molar-refractivity contribution >= 4 is 124 Å². The molecule has 0 atom stereocenters. The molecule has 0 radical (unpaired) electrons. The Labute approximate surface area is 346 Å². The topological polar surface area (TPSA) is 16.3 Å². The highest BCUT2D eigenvalue weighted by Gasteiger charge is 2.51. The average Bonchev–Trinajstić information content (AvgIpc) is 3.84. The summed E-state index contributed by atoms with van der Waals surface area (Å²) in [5, 5.41) is 5.15. The lowest BCUT2D eigenvalue weighted by Crippen LogP contribution is -2.68. The number of benzene rings is 9. The largest absolute Gasteiger partial charge is 0.312 e. The lowest BCUT2D eigenvalue weighted by Gasteiger charge is -2.49. The first-order chi connectivity index (χ1) is 29.8. The van der Waals surface area contributed by atoms with Crippen LogP contribution in [0.25, 0.3) is 55.0 Å². The number of hydrogen-bond donors (Lipinski definition) is 0. The molecule has 0 spiro atoms. The van der Waals surface area contributed by atoms with Gasteiger partial charge in [0.15, 0.2) is 0 Å². The molecule has 4 aliphatic heterocycles. The van der Waals surface area contributed by atoms with Crippen LogP contribution in [0.2, 0.25) is 0 Å². The highest BCUT2D eigenvalue weighted by molar-refractivity contribution is 7.04. The van der Waals surface area contributed by atoms with Crippen molar-refractivity contribution in [1.82, 2.24) is 9.13 Å². The van der Waals surface area contributed by atoms with E-state index in [2.05, 4.69) is 213 Å². The predicted octanol–water partition coefficient (Wildman–Crippen LogP) is 9.11. The molecule has 9 aromatic carbocycles. The molecule has 0 amide bonds. The van der Waals surface area contributed by atoms with Crippen molar-refractivity contribution in [3.05, 3.63) is 194 Å². The standard InChI is InChI=1S/C54H32B2N4/c1-3-17-33(18-4-1)57-44-28-14-9-23-38(44)55-39-24-10-15-29-45(39)60-46-30-16-11-25-40(46)56-41-31-37-35-21-7-12-26-42(35)58(34-19-5-2-6-20-34)52(37)49-36-22-8-13-27-43(36)59(53(41)49)48-32-47(57)50(55)54(60)51(48)56/h1-32H. The highest BCUT2D eigenvalue weighted by Crippen LogP contribution is 2.49. The zero-order chi connectivity index (χ0) is 38.8. The zero-order valence-corrected chi connectivity index (χ0v) is 32.4. The highest BCUT2D eigenvalue weighted by atomic mass is 15.2. The second kappa shape index (κ2) is 11.1. The molecular formula is C54H32B2N4. The van der Waals surface area contributed by atoms with Gasteiger partial charge >= 0.3 is 0 Å². The number of fused-ring (bicyclic) bond motifs is 17. The van der Waals surface area contributed by atoms with Gasteiger partial charge in [0.1, 0.15) is 0 Å². The molecule has 6 heterocycles. The van der Waals surface area contributed by atoms with E-state index in [9.17, 15) is 0 Å². The summed E-state index contributed by atoms with van der Waals surface area (Å²) in [6, 6.07) is 72.7. The van der Waals surface area contributed by atoms with Crippen LogP contribution in [0.5, 0.6) is 0 Å². The van der Waals surface area contributed by atoms with Gasteiger partial charge in [-0.25, -0.2) is 0 Å². The zero-order valence-electron chi connectivity index (χ0n) is 32.4. The molecule has 11 aromatic rings. The van der Waals surface area contributed by atoms with Crippen molar-refractivity contribution in [2.24, 2.45) is 0 Å². The Balaban J connectivity index is 1.19. The van der Waals surface area contributed by atoms with Gasteiger partial charge in [0.25, 0.3) is 13.4 Å². The molecule has 60 heavy (non-hydrogen) atoms. The molecule has 0 bridgehead atoms.